The molecule has 1 aliphatic heterocycles. The van der Waals surface area contributed by atoms with Crippen molar-refractivity contribution in [2.75, 3.05) is 32.8 Å². The van der Waals surface area contributed by atoms with Crippen molar-refractivity contribution in [3.05, 3.63) is 34.3 Å². The van der Waals surface area contributed by atoms with E-state index in [2.05, 4.69) is 38.3 Å². The maximum absolute atomic E-state index is 12.3. The van der Waals surface area contributed by atoms with Crippen molar-refractivity contribution in [1.82, 2.24) is 10.2 Å². The molecule has 1 atom stereocenters. The molecule has 1 aromatic rings. The number of carbonyl (C=O) groups is 1. The van der Waals surface area contributed by atoms with E-state index in [1.807, 2.05) is 12.1 Å². The van der Waals surface area contributed by atoms with Gasteiger partial charge in [-0.05, 0) is 36.5 Å². The van der Waals surface area contributed by atoms with Gasteiger partial charge < -0.3 is 10.1 Å². The first kappa shape index (κ1) is 17.9. The van der Waals surface area contributed by atoms with Crippen molar-refractivity contribution in [1.29, 1.82) is 0 Å². The van der Waals surface area contributed by atoms with Gasteiger partial charge in [0.2, 0.25) is 5.91 Å². The lowest BCUT2D eigenvalue weighted by molar-refractivity contribution is -0.124. The normalized spacial score (nSPS) is 23.1. The Balaban J connectivity index is 1.45. The zero-order chi connectivity index (χ0) is 16.8. The maximum atomic E-state index is 12.3. The summed E-state index contributed by atoms with van der Waals surface area (Å²) in [5.41, 5.74) is 1.16. The number of halogens is 1. The fourth-order valence-electron chi connectivity index (χ4n) is 3.66. The van der Waals surface area contributed by atoms with Gasteiger partial charge in [-0.15, -0.1) is 0 Å². The minimum atomic E-state index is 0.0439. The highest BCUT2D eigenvalue weighted by Gasteiger charge is 2.24. The molecule has 5 heteroatoms. The molecule has 1 aliphatic carbocycles. The van der Waals surface area contributed by atoms with Gasteiger partial charge in [-0.25, -0.2) is 0 Å². The van der Waals surface area contributed by atoms with Gasteiger partial charge in [0.05, 0.1) is 19.3 Å². The number of benzene rings is 1. The summed E-state index contributed by atoms with van der Waals surface area (Å²) in [6.07, 6.45) is 6.57. The van der Waals surface area contributed by atoms with Crippen LogP contribution in [0, 0.1) is 5.92 Å². The Morgan fingerprint density at radius 2 is 2.12 bits per heavy atom. The SMILES string of the molecule is O=C(CN1CCOC(c2cccc(Br)c2)C1)NCC1CCCCC1. The summed E-state index contributed by atoms with van der Waals surface area (Å²) in [4.78, 5) is 14.4. The first-order valence-electron chi connectivity index (χ1n) is 9.07. The standard InChI is InChI=1S/C19H27BrN2O2/c20-17-8-4-7-16(11-17)18-13-22(9-10-24-18)14-19(23)21-12-15-5-2-1-3-6-15/h4,7-8,11,15,18H,1-3,5-6,9-10,12-14H2,(H,21,23). The Labute approximate surface area is 153 Å². The van der Waals surface area contributed by atoms with Crippen LogP contribution in [0.15, 0.2) is 28.7 Å². The zero-order valence-corrected chi connectivity index (χ0v) is 15.8. The summed E-state index contributed by atoms with van der Waals surface area (Å²) in [5, 5.41) is 3.13. The molecule has 24 heavy (non-hydrogen) atoms. The zero-order valence-electron chi connectivity index (χ0n) is 14.2. The van der Waals surface area contributed by atoms with Crippen LogP contribution in [0.1, 0.15) is 43.8 Å². The highest BCUT2D eigenvalue weighted by Crippen LogP contribution is 2.25. The van der Waals surface area contributed by atoms with Crippen LogP contribution >= 0.6 is 15.9 Å². The summed E-state index contributed by atoms with van der Waals surface area (Å²) in [6, 6.07) is 8.22. The molecule has 3 rings (SSSR count). The van der Waals surface area contributed by atoms with Crippen LogP contribution in [0.25, 0.3) is 0 Å². The number of carbonyl (C=O) groups excluding carboxylic acids is 1. The topological polar surface area (TPSA) is 41.6 Å². The van der Waals surface area contributed by atoms with Gasteiger partial charge in [0.15, 0.2) is 0 Å². The molecular formula is C19H27BrN2O2. The van der Waals surface area contributed by atoms with E-state index >= 15 is 0 Å². The molecule has 1 heterocycles. The molecule has 0 aromatic heterocycles. The second kappa shape index (κ2) is 8.97. The molecule has 0 radical (unpaired) electrons. The lowest BCUT2D eigenvalue weighted by Gasteiger charge is -2.33. The molecule has 1 unspecified atom stereocenters. The van der Waals surface area contributed by atoms with Crippen LogP contribution in [0.2, 0.25) is 0 Å². The molecule has 0 bridgehead atoms. The molecule has 1 aromatic carbocycles. The fraction of sp³-hybridized carbons (Fsp3) is 0.632. The first-order valence-corrected chi connectivity index (χ1v) is 9.86. The monoisotopic (exact) mass is 394 g/mol. The molecule has 4 nitrogen and oxygen atoms in total. The second-order valence-corrected chi connectivity index (χ2v) is 7.87. The van der Waals surface area contributed by atoms with Crippen molar-refractivity contribution >= 4 is 21.8 Å². The van der Waals surface area contributed by atoms with Gasteiger partial charge in [0, 0.05) is 24.1 Å². The Morgan fingerprint density at radius 1 is 1.29 bits per heavy atom. The van der Waals surface area contributed by atoms with Crippen molar-refractivity contribution in [2.24, 2.45) is 5.92 Å². The van der Waals surface area contributed by atoms with Gasteiger partial charge in [-0.1, -0.05) is 47.3 Å². The third kappa shape index (κ3) is 5.30. The summed E-state index contributed by atoms with van der Waals surface area (Å²) >= 11 is 3.51. The third-order valence-corrected chi connectivity index (χ3v) is 5.54. The van der Waals surface area contributed by atoms with Crippen LogP contribution in [0.3, 0.4) is 0 Å². The molecule has 1 saturated carbocycles. The highest BCUT2D eigenvalue weighted by molar-refractivity contribution is 9.10. The number of hydrogen-bond acceptors (Lipinski definition) is 3. The molecule has 1 saturated heterocycles. The average Bonchev–Trinajstić information content (AvgIpc) is 2.61. The average molecular weight is 395 g/mol. The second-order valence-electron chi connectivity index (χ2n) is 6.96. The number of hydrogen-bond donors (Lipinski definition) is 1. The van der Waals surface area contributed by atoms with Crippen LogP contribution in [0.5, 0.6) is 0 Å². The Bertz CT molecular complexity index is 546. The van der Waals surface area contributed by atoms with Crippen LogP contribution in [-0.4, -0.2) is 43.6 Å². The lowest BCUT2D eigenvalue weighted by Crippen LogP contribution is -2.45. The summed E-state index contributed by atoms with van der Waals surface area (Å²) in [6.45, 7) is 3.58. The summed E-state index contributed by atoms with van der Waals surface area (Å²) in [7, 11) is 0. The van der Waals surface area contributed by atoms with Gasteiger partial charge >= 0.3 is 0 Å². The number of nitrogens with zero attached hydrogens (tertiary/aromatic N) is 1. The predicted octanol–water partition coefficient (Wildman–Crippen LogP) is 3.52. The lowest BCUT2D eigenvalue weighted by atomic mass is 9.89. The predicted molar refractivity (Wildman–Crippen MR) is 98.9 cm³/mol. The van der Waals surface area contributed by atoms with E-state index in [9.17, 15) is 4.79 Å². The number of amides is 1. The van der Waals surface area contributed by atoms with Crippen molar-refractivity contribution in [2.45, 2.75) is 38.2 Å². The Morgan fingerprint density at radius 3 is 2.92 bits per heavy atom. The largest absolute Gasteiger partial charge is 0.371 e. The molecule has 1 amide bonds. The van der Waals surface area contributed by atoms with E-state index in [1.54, 1.807) is 0 Å². The number of ether oxygens (including phenoxy) is 1. The van der Waals surface area contributed by atoms with Crippen LogP contribution < -0.4 is 5.32 Å². The van der Waals surface area contributed by atoms with E-state index in [0.29, 0.717) is 19.1 Å². The third-order valence-electron chi connectivity index (χ3n) is 5.05. The van der Waals surface area contributed by atoms with Gasteiger partial charge in [-0.3, -0.25) is 9.69 Å². The van der Waals surface area contributed by atoms with Gasteiger partial charge in [-0.2, -0.15) is 0 Å². The summed E-state index contributed by atoms with van der Waals surface area (Å²) in [5.74, 6) is 0.831. The van der Waals surface area contributed by atoms with E-state index in [-0.39, 0.29) is 12.0 Å². The van der Waals surface area contributed by atoms with E-state index in [0.717, 1.165) is 29.7 Å². The quantitative estimate of drug-likeness (QED) is 0.830. The molecule has 0 spiro atoms. The Hall–Kier alpha value is -0.910. The highest BCUT2D eigenvalue weighted by atomic mass is 79.9. The minimum absolute atomic E-state index is 0.0439. The first-order chi connectivity index (χ1) is 11.7. The van der Waals surface area contributed by atoms with E-state index in [4.69, 9.17) is 4.74 Å². The minimum Gasteiger partial charge on any atom is -0.371 e. The van der Waals surface area contributed by atoms with Crippen molar-refractivity contribution in [3.8, 4) is 0 Å². The molecule has 1 N–H and O–H groups in total. The molecule has 2 aliphatic rings. The summed E-state index contributed by atoms with van der Waals surface area (Å²) < 4.78 is 6.95. The Kier molecular flexibility index (Phi) is 6.69. The smallest absolute Gasteiger partial charge is 0.234 e. The number of nitrogens with one attached hydrogen (secondary N) is 1. The van der Waals surface area contributed by atoms with E-state index in [1.165, 1.54) is 32.1 Å². The molecule has 132 valence electrons. The maximum Gasteiger partial charge on any atom is 0.234 e. The van der Waals surface area contributed by atoms with Crippen LogP contribution in [-0.2, 0) is 9.53 Å². The number of morpholine rings is 1. The van der Waals surface area contributed by atoms with Gasteiger partial charge in [0.25, 0.3) is 0 Å². The van der Waals surface area contributed by atoms with E-state index < -0.39 is 0 Å². The van der Waals surface area contributed by atoms with Crippen molar-refractivity contribution < 1.29 is 9.53 Å². The van der Waals surface area contributed by atoms with Crippen LogP contribution in [0.4, 0.5) is 0 Å². The number of rotatable bonds is 5. The molecular weight excluding hydrogens is 368 g/mol. The van der Waals surface area contributed by atoms with Gasteiger partial charge in [0.1, 0.15) is 0 Å². The fourth-order valence-corrected chi connectivity index (χ4v) is 4.08. The molecule has 2 fully saturated rings. The van der Waals surface area contributed by atoms with Crippen molar-refractivity contribution in [3.63, 3.8) is 0 Å².